The van der Waals surface area contributed by atoms with Gasteiger partial charge in [-0.25, -0.2) is 9.97 Å². The number of rotatable bonds is 6. The molecule has 1 heterocycles. The van der Waals surface area contributed by atoms with E-state index in [0.29, 0.717) is 5.82 Å². The fraction of sp³-hybridized carbons (Fsp3) is 0.0526. The van der Waals surface area contributed by atoms with E-state index in [0.717, 1.165) is 33.5 Å². The maximum atomic E-state index is 5.22. The van der Waals surface area contributed by atoms with Crippen molar-refractivity contribution in [2.75, 3.05) is 0 Å². The van der Waals surface area contributed by atoms with Crippen molar-refractivity contribution < 1.29 is 0 Å². The number of benzene rings is 9. The minimum absolute atomic E-state index is 0.139. The smallest absolute Gasteiger partial charge is 0.160 e. The topological polar surface area (TPSA) is 25.8 Å². The minimum atomic E-state index is -0.139. The summed E-state index contributed by atoms with van der Waals surface area (Å²) in [4.78, 5) is 10.3. The van der Waals surface area contributed by atoms with E-state index in [2.05, 4.69) is 202 Å². The summed E-state index contributed by atoms with van der Waals surface area (Å²) in [7, 11) is 0. The SMILES string of the molecule is CC1(C)c2c(-c3ccc(-c4ccc(-c5cc(-c6ccc(-c7ccccc7)cc6)nc(-c6ccccc6)n5)c5ccccc45)cc3)cccc2-c2ccc3ccccc3c21. The number of nitrogens with zero attached hydrogens (tertiary/aromatic N) is 2. The van der Waals surface area contributed by atoms with Gasteiger partial charge in [0.05, 0.1) is 11.4 Å². The molecule has 11 rings (SSSR count). The van der Waals surface area contributed by atoms with Gasteiger partial charge in [0.2, 0.25) is 0 Å². The van der Waals surface area contributed by atoms with Crippen LogP contribution < -0.4 is 0 Å². The molecule has 1 aliphatic rings. The van der Waals surface area contributed by atoms with Gasteiger partial charge in [0.1, 0.15) is 0 Å². The van der Waals surface area contributed by atoms with Crippen LogP contribution in [0.4, 0.5) is 0 Å². The first-order valence-electron chi connectivity index (χ1n) is 20.4. The molecule has 278 valence electrons. The predicted octanol–water partition coefficient (Wildman–Crippen LogP) is 15.1. The minimum Gasteiger partial charge on any atom is -0.228 e. The Kier molecular flexibility index (Phi) is 8.20. The van der Waals surface area contributed by atoms with Crippen LogP contribution in [-0.4, -0.2) is 9.97 Å². The summed E-state index contributed by atoms with van der Waals surface area (Å²) >= 11 is 0. The number of fused-ring (bicyclic) bond motifs is 6. The van der Waals surface area contributed by atoms with Gasteiger partial charge >= 0.3 is 0 Å². The molecular formula is C57H40N2. The largest absolute Gasteiger partial charge is 0.228 e. The zero-order valence-corrected chi connectivity index (χ0v) is 33.0. The Morgan fingerprint density at radius 1 is 0.305 bits per heavy atom. The van der Waals surface area contributed by atoms with E-state index in [-0.39, 0.29) is 5.41 Å². The lowest BCUT2D eigenvalue weighted by Gasteiger charge is -2.26. The van der Waals surface area contributed by atoms with Crippen molar-refractivity contribution >= 4 is 21.5 Å². The Bertz CT molecular complexity index is 3200. The van der Waals surface area contributed by atoms with Crippen molar-refractivity contribution in [3.8, 4) is 78.4 Å². The quantitative estimate of drug-likeness (QED) is 0.169. The van der Waals surface area contributed by atoms with Crippen LogP contribution >= 0.6 is 0 Å². The molecule has 2 nitrogen and oxygen atoms in total. The maximum absolute atomic E-state index is 5.22. The normalized spacial score (nSPS) is 12.7. The zero-order chi connectivity index (χ0) is 39.5. The molecule has 0 aliphatic heterocycles. The van der Waals surface area contributed by atoms with Gasteiger partial charge in [0.25, 0.3) is 0 Å². The summed E-state index contributed by atoms with van der Waals surface area (Å²) in [6.07, 6.45) is 0. The summed E-state index contributed by atoms with van der Waals surface area (Å²) in [5.74, 6) is 0.709. The predicted molar refractivity (Wildman–Crippen MR) is 247 cm³/mol. The van der Waals surface area contributed by atoms with Crippen molar-refractivity contribution in [3.05, 3.63) is 217 Å². The molecule has 0 unspecified atom stereocenters. The highest BCUT2D eigenvalue weighted by molar-refractivity contribution is 6.05. The Labute approximate surface area is 345 Å². The third-order valence-electron chi connectivity index (χ3n) is 12.3. The number of hydrogen-bond acceptors (Lipinski definition) is 2. The Morgan fingerprint density at radius 2 is 0.797 bits per heavy atom. The van der Waals surface area contributed by atoms with E-state index in [1.54, 1.807) is 0 Å². The summed E-state index contributed by atoms with van der Waals surface area (Å²) < 4.78 is 0. The molecule has 9 aromatic carbocycles. The average molecular weight is 753 g/mol. The number of aromatic nitrogens is 2. The van der Waals surface area contributed by atoms with Crippen molar-refractivity contribution in [2.24, 2.45) is 0 Å². The Hall–Kier alpha value is -7.42. The van der Waals surface area contributed by atoms with Gasteiger partial charge in [-0.05, 0) is 83.2 Å². The highest BCUT2D eigenvalue weighted by Gasteiger charge is 2.38. The molecule has 0 radical (unpaired) electrons. The molecule has 0 amide bonds. The second kappa shape index (κ2) is 13.9. The average Bonchev–Trinajstić information content (AvgIpc) is 3.55. The fourth-order valence-electron chi connectivity index (χ4n) is 9.50. The molecule has 2 heteroatoms. The molecule has 59 heavy (non-hydrogen) atoms. The van der Waals surface area contributed by atoms with Gasteiger partial charge in [-0.2, -0.15) is 0 Å². The molecule has 0 saturated heterocycles. The molecule has 10 aromatic rings. The lowest BCUT2D eigenvalue weighted by Crippen LogP contribution is -2.16. The third-order valence-corrected chi connectivity index (χ3v) is 12.3. The van der Waals surface area contributed by atoms with Crippen molar-refractivity contribution in [1.82, 2.24) is 9.97 Å². The van der Waals surface area contributed by atoms with Crippen LogP contribution in [-0.2, 0) is 5.41 Å². The van der Waals surface area contributed by atoms with E-state index >= 15 is 0 Å². The Balaban J connectivity index is 0.984. The summed E-state index contributed by atoms with van der Waals surface area (Å²) in [6, 6.07) is 74.2. The van der Waals surface area contributed by atoms with Gasteiger partial charge in [0.15, 0.2) is 5.82 Å². The number of hydrogen-bond donors (Lipinski definition) is 0. The zero-order valence-electron chi connectivity index (χ0n) is 33.0. The van der Waals surface area contributed by atoms with E-state index in [1.807, 2.05) is 18.2 Å². The molecule has 0 fully saturated rings. The van der Waals surface area contributed by atoms with E-state index in [1.165, 1.54) is 71.8 Å². The van der Waals surface area contributed by atoms with Crippen molar-refractivity contribution in [2.45, 2.75) is 19.3 Å². The summed E-state index contributed by atoms with van der Waals surface area (Å²) in [5.41, 5.74) is 17.6. The lowest BCUT2D eigenvalue weighted by atomic mass is 9.77. The first kappa shape index (κ1) is 34.8. The van der Waals surface area contributed by atoms with Crippen LogP contribution in [0.15, 0.2) is 206 Å². The molecule has 1 aromatic heterocycles. The highest BCUT2D eigenvalue weighted by atomic mass is 14.9. The first-order valence-corrected chi connectivity index (χ1v) is 20.4. The van der Waals surface area contributed by atoms with Crippen molar-refractivity contribution in [3.63, 3.8) is 0 Å². The molecule has 0 atom stereocenters. The highest BCUT2D eigenvalue weighted by Crippen LogP contribution is 2.54. The second-order valence-corrected chi connectivity index (χ2v) is 16.1. The van der Waals surface area contributed by atoms with Crippen LogP contribution in [0.25, 0.3) is 100.0 Å². The molecule has 0 spiro atoms. The Morgan fingerprint density at radius 3 is 1.53 bits per heavy atom. The standard InChI is InChI=1S/C57H40N2/c1-57(2)54-46(22-13-23-50(54)51-33-32-39-16-9-10-19-45(39)55(51)57)41-28-26-40(27-29-41)44-34-35-49(48-21-12-11-20-47(44)48)53-36-52(58-56(59-53)43-17-7-4-8-18-43)42-30-24-38(25-31-42)37-14-5-3-6-15-37/h3-36H,1-2H3. The summed E-state index contributed by atoms with van der Waals surface area (Å²) in [6.45, 7) is 4.78. The second-order valence-electron chi connectivity index (χ2n) is 16.1. The summed E-state index contributed by atoms with van der Waals surface area (Å²) in [5, 5.41) is 4.98. The van der Waals surface area contributed by atoms with Crippen LogP contribution in [0.5, 0.6) is 0 Å². The van der Waals surface area contributed by atoms with Crippen LogP contribution in [0, 0.1) is 0 Å². The van der Waals surface area contributed by atoms with E-state index in [4.69, 9.17) is 9.97 Å². The first-order chi connectivity index (χ1) is 29.0. The van der Waals surface area contributed by atoms with Crippen LogP contribution in [0.1, 0.15) is 25.0 Å². The molecule has 0 bridgehead atoms. The van der Waals surface area contributed by atoms with Crippen molar-refractivity contribution in [1.29, 1.82) is 0 Å². The van der Waals surface area contributed by atoms with Crippen LogP contribution in [0.2, 0.25) is 0 Å². The molecular weight excluding hydrogens is 713 g/mol. The van der Waals surface area contributed by atoms with Gasteiger partial charge in [0, 0.05) is 22.1 Å². The van der Waals surface area contributed by atoms with E-state index < -0.39 is 0 Å². The van der Waals surface area contributed by atoms with E-state index in [9.17, 15) is 0 Å². The third kappa shape index (κ3) is 5.87. The van der Waals surface area contributed by atoms with Gasteiger partial charge < -0.3 is 0 Å². The lowest BCUT2D eigenvalue weighted by molar-refractivity contribution is 0.668. The maximum Gasteiger partial charge on any atom is 0.160 e. The monoisotopic (exact) mass is 752 g/mol. The van der Waals surface area contributed by atoms with Crippen LogP contribution in [0.3, 0.4) is 0 Å². The van der Waals surface area contributed by atoms with Gasteiger partial charge in [-0.1, -0.05) is 214 Å². The van der Waals surface area contributed by atoms with Gasteiger partial charge in [-0.15, -0.1) is 0 Å². The fourth-order valence-corrected chi connectivity index (χ4v) is 9.50. The molecule has 0 N–H and O–H groups in total. The van der Waals surface area contributed by atoms with Gasteiger partial charge in [-0.3, -0.25) is 0 Å². The molecule has 1 aliphatic carbocycles. The molecule has 0 saturated carbocycles.